The molecule has 0 aliphatic heterocycles. The molecule has 1 unspecified atom stereocenters. The quantitative estimate of drug-likeness (QED) is 0.425. The van der Waals surface area contributed by atoms with Crippen LogP contribution in [0.4, 0.5) is 4.39 Å². The van der Waals surface area contributed by atoms with E-state index in [0.29, 0.717) is 6.61 Å². The number of hydrogen-bond donors (Lipinski definition) is 2. The molecular formula is C14H23FN2O. The molecule has 0 aliphatic carbocycles. The Bertz CT molecular complexity index is 358. The highest BCUT2D eigenvalue weighted by molar-refractivity contribution is 5.27. The summed E-state index contributed by atoms with van der Waals surface area (Å²) in [6.45, 7) is 5.48. The van der Waals surface area contributed by atoms with Crippen molar-refractivity contribution in [2.24, 2.45) is 5.84 Å². The van der Waals surface area contributed by atoms with Gasteiger partial charge in [-0.1, -0.05) is 13.0 Å². The zero-order valence-electron chi connectivity index (χ0n) is 11.2. The van der Waals surface area contributed by atoms with Gasteiger partial charge in [-0.15, -0.1) is 0 Å². The second kappa shape index (κ2) is 8.19. The molecule has 0 aliphatic rings. The SMILES string of the molecule is CCCOCCC(Cc1ccc(F)cc1C)NN. The number of halogens is 1. The maximum absolute atomic E-state index is 13.0. The first kappa shape index (κ1) is 15.1. The highest BCUT2D eigenvalue weighted by Gasteiger charge is 2.09. The van der Waals surface area contributed by atoms with Gasteiger partial charge in [-0.3, -0.25) is 11.3 Å². The van der Waals surface area contributed by atoms with Gasteiger partial charge in [0.05, 0.1) is 0 Å². The van der Waals surface area contributed by atoms with E-state index in [1.54, 1.807) is 6.07 Å². The molecule has 1 rings (SSSR count). The first-order chi connectivity index (χ1) is 8.67. The van der Waals surface area contributed by atoms with E-state index in [1.807, 2.05) is 13.0 Å². The fourth-order valence-corrected chi connectivity index (χ4v) is 1.87. The maximum Gasteiger partial charge on any atom is 0.123 e. The highest BCUT2D eigenvalue weighted by atomic mass is 19.1. The lowest BCUT2D eigenvalue weighted by Crippen LogP contribution is -2.37. The lowest BCUT2D eigenvalue weighted by atomic mass is 10.00. The number of ether oxygens (including phenoxy) is 1. The summed E-state index contributed by atoms with van der Waals surface area (Å²) in [5.74, 6) is 5.34. The minimum atomic E-state index is -0.195. The van der Waals surface area contributed by atoms with Crippen LogP contribution in [0.5, 0.6) is 0 Å². The third-order valence-corrected chi connectivity index (χ3v) is 2.97. The normalized spacial score (nSPS) is 12.7. The van der Waals surface area contributed by atoms with E-state index in [9.17, 15) is 4.39 Å². The third kappa shape index (κ3) is 5.12. The number of benzene rings is 1. The minimum absolute atomic E-state index is 0.158. The molecule has 0 heterocycles. The van der Waals surface area contributed by atoms with Gasteiger partial charge in [-0.2, -0.15) is 0 Å². The van der Waals surface area contributed by atoms with Crippen LogP contribution in [-0.4, -0.2) is 19.3 Å². The van der Waals surface area contributed by atoms with Crippen LogP contribution in [0.25, 0.3) is 0 Å². The average molecular weight is 254 g/mol. The molecule has 0 aromatic heterocycles. The van der Waals surface area contributed by atoms with E-state index in [4.69, 9.17) is 10.6 Å². The predicted molar refractivity (Wildman–Crippen MR) is 71.7 cm³/mol. The van der Waals surface area contributed by atoms with E-state index in [-0.39, 0.29) is 11.9 Å². The van der Waals surface area contributed by atoms with Crippen LogP contribution < -0.4 is 11.3 Å². The summed E-state index contributed by atoms with van der Waals surface area (Å²) in [6.07, 6.45) is 2.67. The fourth-order valence-electron chi connectivity index (χ4n) is 1.87. The Morgan fingerprint density at radius 1 is 1.39 bits per heavy atom. The van der Waals surface area contributed by atoms with Crippen molar-refractivity contribution in [1.29, 1.82) is 0 Å². The summed E-state index contributed by atoms with van der Waals surface area (Å²) in [4.78, 5) is 0. The molecule has 0 saturated carbocycles. The number of aryl methyl sites for hydroxylation is 1. The highest BCUT2D eigenvalue weighted by Crippen LogP contribution is 2.13. The molecule has 0 fully saturated rings. The smallest absolute Gasteiger partial charge is 0.123 e. The topological polar surface area (TPSA) is 47.3 Å². The molecule has 3 N–H and O–H groups in total. The van der Waals surface area contributed by atoms with Crippen LogP contribution >= 0.6 is 0 Å². The number of nitrogens with two attached hydrogens (primary N) is 1. The van der Waals surface area contributed by atoms with Crippen molar-refractivity contribution in [1.82, 2.24) is 5.43 Å². The second-order valence-electron chi connectivity index (χ2n) is 4.54. The summed E-state index contributed by atoms with van der Waals surface area (Å²) in [7, 11) is 0. The Morgan fingerprint density at radius 2 is 2.17 bits per heavy atom. The molecule has 1 atom stereocenters. The largest absolute Gasteiger partial charge is 0.381 e. The Hall–Kier alpha value is -0.970. The van der Waals surface area contributed by atoms with Gasteiger partial charge in [-0.25, -0.2) is 4.39 Å². The molecule has 102 valence electrons. The second-order valence-corrected chi connectivity index (χ2v) is 4.54. The van der Waals surface area contributed by atoms with E-state index < -0.39 is 0 Å². The fraction of sp³-hybridized carbons (Fsp3) is 0.571. The van der Waals surface area contributed by atoms with Gasteiger partial charge in [0.1, 0.15) is 5.82 Å². The lowest BCUT2D eigenvalue weighted by molar-refractivity contribution is 0.124. The monoisotopic (exact) mass is 254 g/mol. The van der Waals surface area contributed by atoms with Crippen LogP contribution in [0.1, 0.15) is 30.9 Å². The molecule has 1 aromatic carbocycles. The van der Waals surface area contributed by atoms with Crippen LogP contribution in [0.2, 0.25) is 0 Å². The van der Waals surface area contributed by atoms with E-state index >= 15 is 0 Å². The van der Waals surface area contributed by atoms with Gasteiger partial charge in [-0.05, 0) is 49.4 Å². The lowest BCUT2D eigenvalue weighted by Gasteiger charge is -2.17. The minimum Gasteiger partial charge on any atom is -0.381 e. The van der Waals surface area contributed by atoms with Gasteiger partial charge >= 0.3 is 0 Å². The summed E-state index contributed by atoms with van der Waals surface area (Å²) >= 11 is 0. The van der Waals surface area contributed by atoms with Gasteiger partial charge in [0.25, 0.3) is 0 Å². The van der Waals surface area contributed by atoms with Gasteiger partial charge in [0, 0.05) is 19.3 Å². The van der Waals surface area contributed by atoms with Crippen molar-refractivity contribution < 1.29 is 9.13 Å². The summed E-state index contributed by atoms with van der Waals surface area (Å²) < 4.78 is 18.4. The van der Waals surface area contributed by atoms with Crippen LogP contribution in [0, 0.1) is 12.7 Å². The van der Waals surface area contributed by atoms with Crippen molar-refractivity contribution >= 4 is 0 Å². The van der Waals surface area contributed by atoms with E-state index in [2.05, 4.69) is 12.3 Å². The van der Waals surface area contributed by atoms with Crippen molar-refractivity contribution in [3.05, 3.63) is 35.1 Å². The van der Waals surface area contributed by atoms with Crippen LogP contribution in [0.3, 0.4) is 0 Å². The molecular weight excluding hydrogens is 231 g/mol. The van der Waals surface area contributed by atoms with Gasteiger partial charge in [0.15, 0.2) is 0 Å². The number of hydrazine groups is 1. The van der Waals surface area contributed by atoms with Crippen molar-refractivity contribution in [2.45, 2.75) is 39.2 Å². The van der Waals surface area contributed by atoms with Crippen molar-refractivity contribution in [3.8, 4) is 0 Å². The first-order valence-electron chi connectivity index (χ1n) is 6.46. The van der Waals surface area contributed by atoms with Gasteiger partial charge < -0.3 is 4.74 Å². The molecule has 0 saturated heterocycles. The van der Waals surface area contributed by atoms with Gasteiger partial charge in [0.2, 0.25) is 0 Å². The molecule has 0 spiro atoms. The van der Waals surface area contributed by atoms with Crippen molar-refractivity contribution in [2.75, 3.05) is 13.2 Å². The molecule has 0 radical (unpaired) electrons. The number of hydrogen-bond acceptors (Lipinski definition) is 3. The van der Waals surface area contributed by atoms with Crippen molar-refractivity contribution in [3.63, 3.8) is 0 Å². The molecule has 0 amide bonds. The summed E-state index contributed by atoms with van der Waals surface area (Å²) in [6, 6.07) is 5.02. The van der Waals surface area contributed by atoms with E-state index in [0.717, 1.165) is 37.0 Å². The standard InChI is InChI=1S/C14H23FN2O/c1-3-7-18-8-6-14(17-16)10-12-4-5-13(15)9-11(12)2/h4-5,9,14,17H,3,6-8,10,16H2,1-2H3. The number of rotatable bonds is 8. The molecule has 4 heteroatoms. The Labute approximate surface area is 108 Å². The van der Waals surface area contributed by atoms with Crippen LogP contribution in [0.15, 0.2) is 18.2 Å². The van der Waals surface area contributed by atoms with E-state index in [1.165, 1.54) is 6.07 Å². The predicted octanol–water partition coefficient (Wildman–Crippen LogP) is 2.33. The Balaban J connectivity index is 2.46. The molecule has 18 heavy (non-hydrogen) atoms. The average Bonchev–Trinajstić information content (AvgIpc) is 2.35. The Kier molecular flexibility index (Phi) is 6.86. The summed E-state index contributed by atoms with van der Waals surface area (Å²) in [5.41, 5.74) is 4.88. The van der Waals surface area contributed by atoms with Crippen LogP contribution in [-0.2, 0) is 11.2 Å². The Morgan fingerprint density at radius 3 is 2.78 bits per heavy atom. The molecule has 3 nitrogen and oxygen atoms in total. The molecule has 1 aromatic rings. The maximum atomic E-state index is 13.0. The third-order valence-electron chi connectivity index (χ3n) is 2.97. The zero-order valence-corrected chi connectivity index (χ0v) is 11.2. The zero-order chi connectivity index (χ0) is 13.4. The first-order valence-corrected chi connectivity index (χ1v) is 6.46. The molecule has 0 bridgehead atoms. The number of nitrogens with one attached hydrogen (secondary N) is 1. The summed E-state index contributed by atoms with van der Waals surface area (Å²) in [5, 5.41) is 0.